The zero-order valence-electron chi connectivity index (χ0n) is 16.0. The van der Waals surface area contributed by atoms with E-state index in [1.54, 1.807) is 0 Å². The average Bonchev–Trinajstić information content (AvgIpc) is 2.73. The van der Waals surface area contributed by atoms with E-state index in [1.807, 2.05) is 48.5 Å². The zero-order valence-corrected chi connectivity index (χ0v) is 16.0. The van der Waals surface area contributed by atoms with Gasteiger partial charge >= 0.3 is 5.97 Å². The number of carbonyl (C=O) groups is 1. The maximum atomic E-state index is 12.4. The molecule has 0 radical (unpaired) electrons. The third kappa shape index (κ3) is 5.98. The molecule has 28 heavy (non-hydrogen) atoms. The number of rotatable bonds is 6. The topological polar surface area (TPSA) is 90.7 Å². The Labute approximate surface area is 166 Å². The van der Waals surface area contributed by atoms with Gasteiger partial charge in [-0.1, -0.05) is 54.6 Å². The van der Waals surface area contributed by atoms with Crippen LogP contribution in [0.25, 0.3) is 12.2 Å². The van der Waals surface area contributed by atoms with Gasteiger partial charge in [0.2, 0.25) is 0 Å². The Hall–Kier alpha value is -3.08. The first-order chi connectivity index (χ1) is 13.6. The number of esters is 1. The van der Waals surface area contributed by atoms with E-state index in [1.165, 1.54) is 0 Å². The van der Waals surface area contributed by atoms with E-state index in [0.29, 0.717) is 18.2 Å². The van der Waals surface area contributed by atoms with Crippen LogP contribution in [0.5, 0.6) is 5.75 Å². The summed E-state index contributed by atoms with van der Waals surface area (Å²) in [6, 6.07) is 17.7. The normalized spacial score (nSPS) is 19.3. The van der Waals surface area contributed by atoms with Crippen molar-refractivity contribution >= 4 is 24.1 Å². The fourth-order valence-corrected chi connectivity index (χ4v) is 3.42. The molecule has 4 N–H and O–H groups in total. The van der Waals surface area contributed by atoms with Crippen molar-refractivity contribution < 1.29 is 9.53 Å². The highest BCUT2D eigenvalue weighted by Crippen LogP contribution is 2.30. The highest BCUT2D eigenvalue weighted by atomic mass is 16.5. The Morgan fingerprint density at radius 2 is 1.54 bits per heavy atom. The lowest BCUT2D eigenvalue weighted by Crippen LogP contribution is -2.28. The van der Waals surface area contributed by atoms with Gasteiger partial charge in [0.15, 0.2) is 5.96 Å². The summed E-state index contributed by atoms with van der Waals surface area (Å²) in [5.41, 5.74) is 13.0. The van der Waals surface area contributed by atoms with Crippen molar-refractivity contribution in [2.24, 2.45) is 28.3 Å². The zero-order chi connectivity index (χ0) is 19.8. The Bertz CT molecular complexity index is 817. The molecule has 0 saturated heterocycles. The van der Waals surface area contributed by atoms with Crippen LogP contribution in [-0.2, 0) is 4.79 Å². The average molecular weight is 377 g/mol. The van der Waals surface area contributed by atoms with Crippen molar-refractivity contribution in [3.8, 4) is 5.75 Å². The summed E-state index contributed by atoms with van der Waals surface area (Å²) in [5, 5.41) is 0. The van der Waals surface area contributed by atoms with Gasteiger partial charge in [0, 0.05) is 6.54 Å². The molecule has 5 heteroatoms. The van der Waals surface area contributed by atoms with E-state index in [-0.39, 0.29) is 17.8 Å². The standard InChI is InChI=1S/C23H27N3O2/c24-23(25)26-16-19-8-12-20(13-9-19)22(27)28-21-14-10-18(11-15-21)7-6-17-4-2-1-3-5-17/h1-7,10-11,14-15,19-20H,8-9,12-13,16H2,(H4,24,25,26). The lowest BCUT2D eigenvalue weighted by Gasteiger charge is -2.26. The van der Waals surface area contributed by atoms with Crippen LogP contribution < -0.4 is 16.2 Å². The molecular weight excluding hydrogens is 350 g/mol. The molecule has 3 rings (SSSR count). The maximum absolute atomic E-state index is 12.4. The van der Waals surface area contributed by atoms with Crippen LogP contribution in [0.1, 0.15) is 36.8 Å². The number of aliphatic imine (C=N–C) groups is 1. The SMILES string of the molecule is NC(N)=NCC1CCC(C(=O)Oc2ccc(C=Cc3ccccc3)cc2)CC1. The van der Waals surface area contributed by atoms with Crippen molar-refractivity contribution in [1.29, 1.82) is 0 Å². The van der Waals surface area contributed by atoms with Gasteiger partial charge in [0.05, 0.1) is 5.92 Å². The minimum absolute atomic E-state index is 0.0480. The maximum Gasteiger partial charge on any atom is 0.314 e. The summed E-state index contributed by atoms with van der Waals surface area (Å²) in [6.45, 7) is 0.641. The summed E-state index contributed by atoms with van der Waals surface area (Å²) >= 11 is 0. The highest BCUT2D eigenvalue weighted by molar-refractivity contribution is 5.76. The van der Waals surface area contributed by atoms with Crippen LogP contribution in [0.2, 0.25) is 0 Å². The van der Waals surface area contributed by atoms with Crippen LogP contribution in [0.4, 0.5) is 0 Å². The molecule has 5 nitrogen and oxygen atoms in total. The number of guanidine groups is 1. The van der Waals surface area contributed by atoms with E-state index >= 15 is 0 Å². The molecule has 1 saturated carbocycles. The quantitative estimate of drug-likeness (QED) is 0.263. The monoisotopic (exact) mass is 377 g/mol. The predicted octanol–water partition coefficient (Wildman–Crippen LogP) is 3.84. The van der Waals surface area contributed by atoms with Crippen LogP contribution in [0.15, 0.2) is 59.6 Å². The minimum atomic E-state index is -0.145. The number of benzene rings is 2. The van der Waals surface area contributed by atoms with Crippen LogP contribution in [0.3, 0.4) is 0 Å². The molecular formula is C23H27N3O2. The van der Waals surface area contributed by atoms with E-state index in [2.05, 4.69) is 23.2 Å². The second kappa shape index (κ2) is 9.74. The molecule has 0 aromatic heterocycles. The van der Waals surface area contributed by atoms with E-state index in [4.69, 9.17) is 16.2 Å². The van der Waals surface area contributed by atoms with E-state index in [0.717, 1.165) is 36.8 Å². The van der Waals surface area contributed by atoms with Crippen molar-refractivity contribution in [2.45, 2.75) is 25.7 Å². The van der Waals surface area contributed by atoms with E-state index < -0.39 is 0 Å². The molecule has 1 aliphatic rings. The number of nitrogens with two attached hydrogens (primary N) is 2. The fraction of sp³-hybridized carbons (Fsp3) is 0.304. The summed E-state index contributed by atoms with van der Waals surface area (Å²) in [4.78, 5) is 16.5. The fourth-order valence-electron chi connectivity index (χ4n) is 3.42. The van der Waals surface area contributed by atoms with Crippen LogP contribution in [0, 0.1) is 11.8 Å². The first-order valence-electron chi connectivity index (χ1n) is 9.70. The van der Waals surface area contributed by atoms with Gasteiger partial charge in [0.1, 0.15) is 5.75 Å². The molecule has 1 fully saturated rings. The lowest BCUT2D eigenvalue weighted by molar-refractivity contribution is -0.140. The molecule has 0 atom stereocenters. The number of hydrogen-bond acceptors (Lipinski definition) is 3. The largest absolute Gasteiger partial charge is 0.426 e. The van der Waals surface area contributed by atoms with Crippen molar-refractivity contribution in [3.05, 3.63) is 65.7 Å². The molecule has 0 spiro atoms. The van der Waals surface area contributed by atoms with Gasteiger partial charge in [-0.2, -0.15) is 0 Å². The highest BCUT2D eigenvalue weighted by Gasteiger charge is 2.27. The number of hydrogen-bond donors (Lipinski definition) is 2. The van der Waals surface area contributed by atoms with Crippen molar-refractivity contribution in [2.75, 3.05) is 6.54 Å². The number of nitrogens with zero attached hydrogens (tertiary/aromatic N) is 1. The molecule has 0 amide bonds. The summed E-state index contributed by atoms with van der Waals surface area (Å²) in [7, 11) is 0. The van der Waals surface area contributed by atoms with Crippen molar-refractivity contribution in [1.82, 2.24) is 0 Å². The van der Waals surface area contributed by atoms with Gasteiger partial charge in [-0.15, -0.1) is 0 Å². The number of ether oxygens (including phenoxy) is 1. The third-order valence-electron chi connectivity index (χ3n) is 5.08. The summed E-state index contributed by atoms with van der Waals surface area (Å²) in [5.74, 6) is 0.968. The molecule has 0 heterocycles. The Kier molecular flexibility index (Phi) is 6.84. The van der Waals surface area contributed by atoms with Gasteiger partial charge in [-0.3, -0.25) is 9.79 Å². The van der Waals surface area contributed by atoms with Crippen LogP contribution >= 0.6 is 0 Å². The first kappa shape index (κ1) is 19.7. The van der Waals surface area contributed by atoms with Crippen LogP contribution in [-0.4, -0.2) is 18.5 Å². The van der Waals surface area contributed by atoms with Gasteiger partial charge < -0.3 is 16.2 Å². The second-order valence-electron chi connectivity index (χ2n) is 7.22. The smallest absolute Gasteiger partial charge is 0.314 e. The van der Waals surface area contributed by atoms with Gasteiger partial charge in [0.25, 0.3) is 0 Å². The lowest BCUT2D eigenvalue weighted by atomic mass is 9.82. The summed E-state index contributed by atoms with van der Waals surface area (Å²) < 4.78 is 5.57. The Morgan fingerprint density at radius 1 is 0.929 bits per heavy atom. The molecule has 2 aromatic rings. The molecule has 0 bridgehead atoms. The molecule has 0 unspecified atom stereocenters. The molecule has 1 aliphatic carbocycles. The Morgan fingerprint density at radius 3 is 2.14 bits per heavy atom. The Balaban J connectivity index is 1.48. The van der Waals surface area contributed by atoms with Crippen molar-refractivity contribution in [3.63, 3.8) is 0 Å². The minimum Gasteiger partial charge on any atom is -0.426 e. The third-order valence-corrected chi connectivity index (χ3v) is 5.08. The van der Waals surface area contributed by atoms with E-state index in [9.17, 15) is 4.79 Å². The van der Waals surface area contributed by atoms with Gasteiger partial charge in [-0.25, -0.2) is 0 Å². The first-order valence-corrected chi connectivity index (χ1v) is 9.70. The van der Waals surface area contributed by atoms with Gasteiger partial charge in [-0.05, 0) is 54.9 Å². The summed E-state index contributed by atoms with van der Waals surface area (Å²) in [6.07, 6.45) is 7.63. The predicted molar refractivity (Wildman–Crippen MR) is 114 cm³/mol. The molecule has 0 aliphatic heterocycles. The number of carbonyl (C=O) groups excluding carboxylic acids is 1. The second-order valence-corrected chi connectivity index (χ2v) is 7.22. The molecule has 2 aromatic carbocycles. The molecule has 146 valence electrons.